The van der Waals surface area contributed by atoms with Crippen LogP contribution in [0.25, 0.3) is 0 Å². The Balaban J connectivity index is 1.50. The number of fused-ring (bicyclic) bond motifs is 1. The van der Waals surface area contributed by atoms with Crippen LogP contribution in [0.1, 0.15) is 36.2 Å². The lowest BCUT2D eigenvalue weighted by Crippen LogP contribution is -2.49. The number of hydrogen-bond acceptors (Lipinski definition) is 7. The third kappa shape index (κ3) is 8.56. The Bertz CT molecular complexity index is 1210. The number of rotatable bonds is 10. The smallest absolute Gasteiger partial charge is 0.258 e. The van der Waals surface area contributed by atoms with E-state index in [1.54, 1.807) is 29.2 Å². The second-order valence-electron chi connectivity index (χ2n) is 11.0. The van der Waals surface area contributed by atoms with Crippen molar-refractivity contribution in [1.82, 2.24) is 14.7 Å². The van der Waals surface area contributed by atoms with Gasteiger partial charge in [-0.1, -0.05) is 36.2 Å². The number of likely N-dealkylation sites (N-methyl/N-ethyl adjacent to an activating group) is 1. The lowest BCUT2D eigenvalue weighted by Gasteiger charge is -2.38. The molecule has 2 aromatic rings. The summed E-state index contributed by atoms with van der Waals surface area (Å²) >= 11 is 12.3. The molecule has 4 rings (SSSR count). The van der Waals surface area contributed by atoms with E-state index in [0.717, 1.165) is 18.7 Å². The maximum absolute atomic E-state index is 13.7. The SMILES string of the molecule is C[C@H]1CN([C@@H](C)CO)C(=O)c2cc(NC(=O)CCN3CCOCC3)ccc2O[C@H]1CN(C)Cc1ccc(Cl)c(Cl)c1. The Labute approximate surface area is 252 Å². The number of hydrogen-bond donors (Lipinski definition) is 2. The van der Waals surface area contributed by atoms with E-state index in [-0.39, 0.29) is 36.5 Å². The van der Waals surface area contributed by atoms with Crippen molar-refractivity contribution in [1.29, 1.82) is 0 Å². The fourth-order valence-electron chi connectivity index (χ4n) is 5.15. The van der Waals surface area contributed by atoms with E-state index < -0.39 is 0 Å². The van der Waals surface area contributed by atoms with E-state index in [9.17, 15) is 14.7 Å². The number of amides is 2. The highest BCUT2D eigenvalue weighted by atomic mass is 35.5. The van der Waals surface area contributed by atoms with Gasteiger partial charge in [-0.3, -0.25) is 19.4 Å². The van der Waals surface area contributed by atoms with Crippen LogP contribution in [0.3, 0.4) is 0 Å². The zero-order valence-corrected chi connectivity index (χ0v) is 25.5. The highest BCUT2D eigenvalue weighted by Crippen LogP contribution is 2.31. The Hall–Kier alpha value is -2.40. The van der Waals surface area contributed by atoms with Gasteiger partial charge in [0.05, 0.1) is 41.5 Å². The van der Waals surface area contributed by atoms with Crippen LogP contribution in [-0.4, -0.2) is 103 Å². The van der Waals surface area contributed by atoms with Crippen LogP contribution in [0, 0.1) is 5.92 Å². The van der Waals surface area contributed by atoms with Crippen LogP contribution < -0.4 is 10.1 Å². The first-order chi connectivity index (χ1) is 19.6. The summed E-state index contributed by atoms with van der Waals surface area (Å²) in [4.78, 5) is 32.5. The molecule has 0 unspecified atom stereocenters. The summed E-state index contributed by atoms with van der Waals surface area (Å²) in [6.45, 7) is 9.03. The lowest BCUT2D eigenvalue weighted by molar-refractivity contribution is -0.116. The molecule has 2 aliphatic heterocycles. The number of halogens is 2. The summed E-state index contributed by atoms with van der Waals surface area (Å²) in [5.74, 6) is 0.0833. The first-order valence-electron chi connectivity index (χ1n) is 14.1. The zero-order chi connectivity index (χ0) is 29.5. The molecule has 0 saturated carbocycles. The third-order valence-corrected chi connectivity index (χ3v) is 8.37. The lowest BCUT2D eigenvalue weighted by atomic mass is 9.99. The zero-order valence-electron chi connectivity index (χ0n) is 23.9. The molecule has 1 fully saturated rings. The number of nitrogens with zero attached hydrogens (tertiary/aromatic N) is 3. The molecule has 3 atom stereocenters. The van der Waals surface area contributed by atoms with E-state index >= 15 is 0 Å². The number of aliphatic hydroxyl groups excluding tert-OH is 1. The summed E-state index contributed by atoms with van der Waals surface area (Å²) in [6, 6.07) is 10.4. The van der Waals surface area contributed by atoms with Gasteiger partial charge in [-0.25, -0.2) is 0 Å². The molecule has 2 heterocycles. The van der Waals surface area contributed by atoms with E-state index in [4.69, 9.17) is 32.7 Å². The molecule has 2 aromatic carbocycles. The molecule has 0 aromatic heterocycles. The largest absolute Gasteiger partial charge is 0.488 e. The van der Waals surface area contributed by atoms with Crippen LogP contribution >= 0.6 is 23.2 Å². The second-order valence-corrected chi connectivity index (χ2v) is 11.8. The molecule has 0 spiro atoms. The molecule has 9 nitrogen and oxygen atoms in total. The third-order valence-electron chi connectivity index (χ3n) is 7.64. The van der Waals surface area contributed by atoms with Gasteiger partial charge in [-0.05, 0) is 49.9 Å². The Morgan fingerprint density at radius 2 is 1.93 bits per heavy atom. The molecule has 224 valence electrons. The molecule has 2 amide bonds. The molecular weight excluding hydrogens is 567 g/mol. The van der Waals surface area contributed by atoms with Crippen LogP contribution in [0.15, 0.2) is 36.4 Å². The minimum atomic E-state index is -0.378. The Kier molecular flexibility index (Phi) is 11.3. The topological polar surface area (TPSA) is 94.6 Å². The van der Waals surface area contributed by atoms with Gasteiger partial charge in [-0.2, -0.15) is 0 Å². The Morgan fingerprint density at radius 1 is 1.17 bits per heavy atom. The number of morpholine rings is 1. The fraction of sp³-hybridized carbons (Fsp3) is 0.533. The Morgan fingerprint density at radius 3 is 2.63 bits per heavy atom. The van der Waals surface area contributed by atoms with Gasteiger partial charge in [0.15, 0.2) is 0 Å². The van der Waals surface area contributed by atoms with Crippen molar-refractivity contribution >= 4 is 40.7 Å². The van der Waals surface area contributed by atoms with E-state index in [1.165, 1.54) is 0 Å². The molecule has 2 N–H and O–H groups in total. The number of carbonyl (C=O) groups is 2. The highest BCUT2D eigenvalue weighted by molar-refractivity contribution is 6.42. The molecule has 41 heavy (non-hydrogen) atoms. The monoisotopic (exact) mass is 606 g/mol. The first kappa shape index (κ1) is 31.5. The molecular formula is C30H40Cl2N4O5. The first-order valence-corrected chi connectivity index (χ1v) is 14.8. The van der Waals surface area contributed by atoms with Gasteiger partial charge in [0.25, 0.3) is 5.91 Å². The van der Waals surface area contributed by atoms with Crippen molar-refractivity contribution in [2.75, 3.05) is 64.9 Å². The molecule has 0 radical (unpaired) electrons. The van der Waals surface area contributed by atoms with Crippen LogP contribution in [-0.2, 0) is 16.1 Å². The van der Waals surface area contributed by atoms with E-state index in [1.807, 2.05) is 26.1 Å². The van der Waals surface area contributed by atoms with Gasteiger partial charge < -0.3 is 24.8 Å². The molecule has 1 saturated heterocycles. The number of nitrogens with one attached hydrogen (secondary N) is 1. The van der Waals surface area contributed by atoms with Gasteiger partial charge in [0.2, 0.25) is 5.91 Å². The van der Waals surface area contributed by atoms with Crippen molar-refractivity contribution in [2.45, 2.75) is 39.0 Å². The molecule has 11 heteroatoms. The highest BCUT2D eigenvalue weighted by Gasteiger charge is 2.33. The number of benzene rings is 2. The fourth-order valence-corrected chi connectivity index (χ4v) is 5.47. The molecule has 0 bridgehead atoms. The predicted molar refractivity (Wildman–Crippen MR) is 161 cm³/mol. The van der Waals surface area contributed by atoms with Crippen molar-refractivity contribution in [3.63, 3.8) is 0 Å². The standard InChI is InChI=1S/C30H40Cl2N4O5/c1-20-16-36(21(2)19-37)30(39)24-15-23(33-29(38)8-9-35-10-12-40-13-11-35)5-7-27(24)41-28(20)18-34(3)17-22-4-6-25(31)26(32)14-22/h4-7,14-15,20-21,28,37H,8-13,16-19H2,1-3H3,(H,33,38)/t20-,21-,28-/m0/s1. The minimum Gasteiger partial charge on any atom is -0.488 e. The van der Waals surface area contributed by atoms with Crippen LogP contribution in [0.5, 0.6) is 5.75 Å². The number of carbonyl (C=O) groups excluding carboxylic acids is 2. The van der Waals surface area contributed by atoms with Crippen LogP contribution in [0.2, 0.25) is 10.0 Å². The van der Waals surface area contributed by atoms with Crippen molar-refractivity contribution in [2.24, 2.45) is 5.92 Å². The summed E-state index contributed by atoms with van der Waals surface area (Å²) in [7, 11) is 2.01. The predicted octanol–water partition coefficient (Wildman–Crippen LogP) is 4.01. The normalized spacial score (nSPS) is 20.7. The number of aliphatic hydroxyl groups is 1. The average molecular weight is 608 g/mol. The molecule has 2 aliphatic rings. The van der Waals surface area contributed by atoms with Crippen molar-refractivity contribution in [3.8, 4) is 5.75 Å². The van der Waals surface area contributed by atoms with E-state index in [2.05, 4.69) is 22.0 Å². The van der Waals surface area contributed by atoms with Gasteiger partial charge in [0, 0.05) is 57.3 Å². The summed E-state index contributed by atoms with van der Waals surface area (Å²) in [6.07, 6.45) is 0.108. The average Bonchev–Trinajstić information content (AvgIpc) is 2.96. The maximum atomic E-state index is 13.7. The van der Waals surface area contributed by atoms with Crippen molar-refractivity contribution < 1.29 is 24.2 Å². The van der Waals surface area contributed by atoms with Crippen LogP contribution in [0.4, 0.5) is 5.69 Å². The van der Waals surface area contributed by atoms with Crippen molar-refractivity contribution in [3.05, 3.63) is 57.6 Å². The van der Waals surface area contributed by atoms with E-state index in [0.29, 0.717) is 72.9 Å². The van der Waals surface area contributed by atoms with Gasteiger partial charge in [0.1, 0.15) is 11.9 Å². The summed E-state index contributed by atoms with van der Waals surface area (Å²) in [5.41, 5.74) is 1.92. The number of ether oxygens (including phenoxy) is 2. The minimum absolute atomic E-state index is 0.0167. The summed E-state index contributed by atoms with van der Waals surface area (Å²) < 4.78 is 11.9. The van der Waals surface area contributed by atoms with Gasteiger partial charge >= 0.3 is 0 Å². The quantitative estimate of drug-likeness (QED) is 0.422. The summed E-state index contributed by atoms with van der Waals surface area (Å²) in [5, 5.41) is 13.9. The molecule has 0 aliphatic carbocycles. The second kappa shape index (κ2) is 14.7. The maximum Gasteiger partial charge on any atom is 0.258 e. The van der Waals surface area contributed by atoms with Gasteiger partial charge in [-0.15, -0.1) is 0 Å². The number of anilines is 1.